The minimum absolute atomic E-state index is 0.00861. The van der Waals surface area contributed by atoms with Gasteiger partial charge in [0.2, 0.25) is 5.91 Å². The minimum atomic E-state index is -0.368. The molecular weight excluding hydrogens is 160 g/mol. The molecule has 0 atom stereocenters. The van der Waals surface area contributed by atoms with Gasteiger partial charge in [-0.05, 0) is 14.0 Å². The molecule has 0 heterocycles. The van der Waals surface area contributed by atoms with Gasteiger partial charge in [0.15, 0.2) is 0 Å². The van der Waals surface area contributed by atoms with Gasteiger partial charge in [0.25, 0.3) is 0 Å². The number of rotatable bonds is 5. The number of ketones is 1. The van der Waals surface area contributed by atoms with E-state index in [4.69, 9.17) is 5.11 Å². The average molecular weight is 174 g/mol. The summed E-state index contributed by atoms with van der Waals surface area (Å²) in [6, 6.07) is 0. The Morgan fingerprint density at radius 3 is 2.42 bits per heavy atom. The summed E-state index contributed by atoms with van der Waals surface area (Å²) in [4.78, 5) is 23.0. The molecule has 0 radical (unpaired) electrons. The zero-order chi connectivity index (χ0) is 9.56. The van der Waals surface area contributed by atoms with Crippen molar-refractivity contribution in [2.75, 3.05) is 26.9 Å². The Hall–Kier alpha value is -0.940. The molecule has 2 N–H and O–H groups in total. The van der Waals surface area contributed by atoms with Crippen LogP contribution in [-0.2, 0) is 9.59 Å². The Kier molecular flexibility index (Phi) is 5.23. The summed E-state index contributed by atoms with van der Waals surface area (Å²) in [6.45, 7) is 1.46. The molecule has 0 aromatic carbocycles. The Balaban J connectivity index is 3.61. The van der Waals surface area contributed by atoms with Gasteiger partial charge < -0.3 is 10.4 Å². The number of hydrogen-bond acceptors (Lipinski definition) is 4. The molecule has 0 fully saturated rings. The summed E-state index contributed by atoms with van der Waals surface area (Å²) in [5.41, 5.74) is 0. The normalized spacial score (nSPS) is 10.0. The number of aliphatic hydroxyl groups is 1. The van der Waals surface area contributed by atoms with Crippen molar-refractivity contribution in [3.05, 3.63) is 0 Å². The fourth-order valence-corrected chi connectivity index (χ4v) is 0.825. The van der Waals surface area contributed by atoms with Crippen molar-refractivity contribution in [2.24, 2.45) is 0 Å². The average Bonchev–Trinajstić information content (AvgIpc) is 1.84. The van der Waals surface area contributed by atoms with Crippen LogP contribution < -0.4 is 5.32 Å². The Labute approximate surface area is 71.4 Å². The second kappa shape index (κ2) is 5.68. The van der Waals surface area contributed by atoms with Crippen LogP contribution in [0.3, 0.4) is 0 Å². The van der Waals surface area contributed by atoms with Crippen LogP contribution in [-0.4, -0.2) is 48.6 Å². The fraction of sp³-hybridized carbons (Fsp3) is 0.714. The SMILES string of the molecule is CC(=O)CN(C)CC(=O)NCO. The second-order valence-corrected chi connectivity index (χ2v) is 2.63. The third-order valence-electron chi connectivity index (χ3n) is 1.18. The molecule has 5 nitrogen and oxygen atoms in total. The van der Waals surface area contributed by atoms with Crippen LogP contribution in [0.4, 0.5) is 0 Å². The molecule has 0 aromatic rings. The molecule has 0 aliphatic carbocycles. The quantitative estimate of drug-likeness (QED) is 0.501. The van der Waals surface area contributed by atoms with Gasteiger partial charge in [-0.1, -0.05) is 0 Å². The van der Waals surface area contributed by atoms with Gasteiger partial charge in [-0.15, -0.1) is 0 Å². The largest absolute Gasteiger partial charge is 0.377 e. The van der Waals surface area contributed by atoms with Gasteiger partial charge in [0.05, 0.1) is 13.1 Å². The highest BCUT2D eigenvalue weighted by Gasteiger charge is 2.06. The van der Waals surface area contributed by atoms with Gasteiger partial charge in [0.1, 0.15) is 12.5 Å². The minimum Gasteiger partial charge on any atom is -0.377 e. The number of aliphatic hydroxyl groups excluding tert-OH is 1. The predicted molar refractivity (Wildman–Crippen MR) is 43.4 cm³/mol. The number of likely N-dealkylation sites (N-methyl/N-ethyl adjacent to an activating group) is 1. The van der Waals surface area contributed by atoms with E-state index >= 15 is 0 Å². The van der Waals surface area contributed by atoms with Crippen LogP contribution in [0, 0.1) is 0 Å². The number of nitrogens with one attached hydrogen (secondary N) is 1. The Bertz CT molecular complexity index is 170. The van der Waals surface area contributed by atoms with E-state index in [2.05, 4.69) is 5.32 Å². The van der Waals surface area contributed by atoms with E-state index in [1.807, 2.05) is 0 Å². The van der Waals surface area contributed by atoms with Gasteiger partial charge in [0, 0.05) is 0 Å². The van der Waals surface area contributed by atoms with E-state index in [1.165, 1.54) is 6.92 Å². The lowest BCUT2D eigenvalue weighted by molar-refractivity contribution is -0.124. The number of hydrogen-bond donors (Lipinski definition) is 2. The lowest BCUT2D eigenvalue weighted by Gasteiger charge is -2.13. The first-order valence-electron chi connectivity index (χ1n) is 3.61. The molecule has 0 unspecified atom stereocenters. The van der Waals surface area contributed by atoms with Crippen molar-refractivity contribution in [1.29, 1.82) is 0 Å². The van der Waals surface area contributed by atoms with Crippen LogP contribution in [0.25, 0.3) is 0 Å². The van der Waals surface area contributed by atoms with Crippen LogP contribution >= 0.6 is 0 Å². The second-order valence-electron chi connectivity index (χ2n) is 2.63. The third-order valence-corrected chi connectivity index (χ3v) is 1.18. The highest BCUT2D eigenvalue weighted by Crippen LogP contribution is 1.82. The molecule has 70 valence electrons. The monoisotopic (exact) mass is 174 g/mol. The van der Waals surface area contributed by atoms with E-state index in [0.717, 1.165) is 0 Å². The first-order valence-corrected chi connectivity index (χ1v) is 3.61. The van der Waals surface area contributed by atoms with E-state index in [9.17, 15) is 9.59 Å². The van der Waals surface area contributed by atoms with Crippen LogP contribution in [0.2, 0.25) is 0 Å². The van der Waals surface area contributed by atoms with Crippen LogP contribution in [0.5, 0.6) is 0 Å². The van der Waals surface area contributed by atoms with E-state index in [1.54, 1.807) is 11.9 Å². The molecule has 0 saturated carbocycles. The number of amides is 1. The zero-order valence-corrected chi connectivity index (χ0v) is 7.33. The van der Waals surface area contributed by atoms with E-state index in [0.29, 0.717) is 0 Å². The lowest BCUT2D eigenvalue weighted by atomic mass is 10.4. The first-order chi connectivity index (χ1) is 5.56. The summed E-state index contributed by atoms with van der Waals surface area (Å²) >= 11 is 0. The molecule has 0 aliphatic rings. The molecule has 0 saturated heterocycles. The van der Waals surface area contributed by atoms with Crippen LogP contribution in [0.1, 0.15) is 6.92 Å². The standard InChI is InChI=1S/C7H14N2O3/c1-6(11)3-9(2)4-7(12)8-5-10/h10H,3-5H2,1-2H3,(H,8,12). The van der Waals surface area contributed by atoms with Crippen molar-refractivity contribution >= 4 is 11.7 Å². The topological polar surface area (TPSA) is 69.6 Å². The van der Waals surface area contributed by atoms with E-state index < -0.39 is 0 Å². The maximum atomic E-state index is 10.8. The first kappa shape index (κ1) is 11.1. The zero-order valence-electron chi connectivity index (χ0n) is 7.33. The predicted octanol–water partition coefficient (Wildman–Crippen LogP) is -1.43. The van der Waals surface area contributed by atoms with E-state index in [-0.39, 0.29) is 31.5 Å². The van der Waals surface area contributed by atoms with Gasteiger partial charge in [-0.3, -0.25) is 14.5 Å². The van der Waals surface area contributed by atoms with Gasteiger partial charge >= 0.3 is 0 Å². The molecule has 5 heteroatoms. The van der Waals surface area contributed by atoms with Crippen molar-refractivity contribution in [2.45, 2.75) is 6.92 Å². The third kappa shape index (κ3) is 5.82. The van der Waals surface area contributed by atoms with Crippen LogP contribution in [0.15, 0.2) is 0 Å². The maximum Gasteiger partial charge on any atom is 0.235 e. The number of Topliss-reactive ketones (excluding diaryl/α,β-unsaturated/α-hetero) is 1. The van der Waals surface area contributed by atoms with Crippen molar-refractivity contribution in [3.8, 4) is 0 Å². The summed E-state index contributed by atoms with van der Waals surface area (Å²) < 4.78 is 0. The number of nitrogens with zero attached hydrogens (tertiary/aromatic N) is 1. The fourth-order valence-electron chi connectivity index (χ4n) is 0.825. The maximum absolute atomic E-state index is 10.8. The molecule has 0 rings (SSSR count). The Morgan fingerprint density at radius 1 is 1.42 bits per heavy atom. The molecule has 0 bridgehead atoms. The Morgan fingerprint density at radius 2 is 2.00 bits per heavy atom. The van der Waals surface area contributed by atoms with Crippen molar-refractivity contribution in [3.63, 3.8) is 0 Å². The summed E-state index contributed by atoms with van der Waals surface area (Å²) in [7, 11) is 1.67. The highest BCUT2D eigenvalue weighted by atomic mass is 16.3. The molecule has 0 aliphatic heterocycles. The molecule has 1 amide bonds. The number of carbonyl (C=O) groups is 2. The van der Waals surface area contributed by atoms with Gasteiger partial charge in [-0.25, -0.2) is 0 Å². The summed E-state index contributed by atoms with van der Waals surface area (Å²) in [5, 5.41) is 10.5. The molecular formula is C7H14N2O3. The van der Waals surface area contributed by atoms with Crippen molar-refractivity contribution < 1.29 is 14.7 Å². The molecule has 0 aromatic heterocycles. The lowest BCUT2D eigenvalue weighted by Crippen LogP contribution is -2.37. The smallest absolute Gasteiger partial charge is 0.235 e. The highest BCUT2D eigenvalue weighted by molar-refractivity contribution is 5.80. The van der Waals surface area contributed by atoms with Gasteiger partial charge in [-0.2, -0.15) is 0 Å². The summed E-state index contributed by atoms with van der Waals surface area (Å²) in [6.07, 6.45) is 0. The molecule has 12 heavy (non-hydrogen) atoms. The van der Waals surface area contributed by atoms with Crippen molar-refractivity contribution in [1.82, 2.24) is 10.2 Å². The summed E-state index contributed by atoms with van der Waals surface area (Å²) in [5.74, 6) is -0.282. The molecule has 0 spiro atoms. The number of carbonyl (C=O) groups excluding carboxylic acids is 2.